The van der Waals surface area contributed by atoms with Gasteiger partial charge in [0.25, 0.3) is 0 Å². The number of ether oxygens (including phenoxy) is 1. The summed E-state index contributed by atoms with van der Waals surface area (Å²) in [5, 5.41) is 0. The van der Waals surface area contributed by atoms with Gasteiger partial charge in [-0.25, -0.2) is 8.42 Å². The standard InChI is InChI=1S/C23H26N2O4S/c1-24-20-5-3-2-4-19(20)23(22(24)26)9-11-25(12-10-23)13-14-29-18-7-6-17-8-15-30(27,28)21(17)16-18/h2-7,16H,8-15H2,1H3. The third-order valence-corrected chi connectivity index (χ3v) is 8.69. The molecule has 0 bridgehead atoms. The molecule has 0 unspecified atom stereocenters. The van der Waals surface area contributed by atoms with Crippen LogP contribution >= 0.6 is 0 Å². The molecule has 1 amide bonds. The molecule has 2 aromatic rings. The fourth-order valence-corrected chi connectivity index (χ4v) is 6.70. The highest BCUT2D eigenvalue weighted by Gasteiger charge is 2.50. The summed E-state index contributed by atoms with van der Waals surface area (Å²) in [6, 6.07) is 13.5. The molecule has 0 aromatic heterocycles. The van der Waals surface area contributed by atoms with Crippen LogP contribution in [0.2, 0.25) is 0 Å². The number of carbonyl (C=O) groups is 1. The summed E-state index contributed by atoms with van der Waals surface area (Å²) < 4.78 is 30.0. The van der Waals surface area contributed by atoms with Gasteiger partial charge in [-0.15, -0.1) is 0 Å². The number of carbonyl (C=O) groups excluding carboxylic acids is 1. The summed E-state index contributed by atoms with van der Waals surface area (Å²) >= 11 is 0. The first-order valence-corrected chi connectivity index (χ1v) is 12.1. The van der Waals surface area contributed by atoms with Crippen molar-refractivity contribution in [1.29, 1.82) is 0 Å². The van der Waals surface area contributed by atoms with Crippen molar-refractivity contribution in [2.24, 2.45) is 0 Å². The van der Waals surface area contributed by atoms with Crippen LogP contribution in [-0.4, -0.2) is 58.3 Å². The first-order valence-electron chi connectivity index (χ1n) is 10.5. The van der Waals surface area contributed by atoms with E-state index in [1.807, 2.05) is 37.4 Å². The number of amides is 1. The number of likely N-dealkylation sites (N-methyl/N-ethyl adjacent to an activating group) is 1. The number of hydrogen-bond donors (Lipinski definition) is 0. The number of anilines is 1. The van der Waals surface area contributed by atoms with Crippen molar-refractivity contribution in [2.45, 2.75) is 29.6 Å². The van der Waals surface area contributed by atoms with Crippen LogP contribution in [0, 0.1) is 0 Å². The Kier molecular flexibility index (Phi) is 4.63. The Balaban J connectivity index is 1.20. The van der Waals surface area contributed by atoms with E-state index in [-0.39, 0.29) is 11.7 Å². The van der Waals surface area contributed by atoms with Gasteiger partial charge in [0, 0.05) is 19.3 Å². The van der Waals surface area contributed by atoms with Gasteiger partial charge in [-0.2, -0.15) is 0 Å². The number of piperidine rings is 1. The predicted octanol–water partition coefficient (Wildman–Crippen LogP) is 2.41. The van der Waals surface area contributed by atoms with Crippen molar-refractivity contribution in [3.8, 4) is 5.75 Å². The van der Waals surface area contributed by atoms with Crippen LogP contribution < -0.4 is 9.64 Å². The average Bonchev–Trinajstić information content (AvgIpc) is 3.17. The topological polar surface area (TPSA) is 66.9 Å². The second kappa shape index (κ2) is 7.10. The van der Waals surface area contributed by atoms with E-state index in [1.165, 1.54) is 0 Å². The minimum Gasteiger partial charge on any atom is -0.492 e. The second-order valence-corrected chi connectivity index (χ2v) is 10.6. The zero-order valence-corrected chi connectivity index (χ0v) is 18.0. The molecule has 0 atom stereocenters. The Morgan fingerprint density at radius 2 is 1.87 bits per heavy atom. The number of likely N-dealkylation sites (tertiary alicyclic amines) is 1. The molecule has 6 nitrogen and oxygen atoms in total. The number of nitrogens with zero attached hydrogens (tertiary/aromatic N) is 2. The molecule has 0 aliphatic carbocycles. The van der Waals surface area contributed by atoms with Gasteiger partial charge in [-0.3, -0.25) is 9.69 Å². The van der Waals surface area contributed by atoms with Crippen LogP contribution in [0.15, 0.2) is 47.4 Å². The number of para-hydroxylation sites is 1. The minimum atomic E-state index is -3.15. The average molecular weight is 427 g/mol. The molecular weight excluding hydrogens is 400 g/mol. The van der Waals surface area contributed by atoms with E-state index in [0.717, 1.165) is 49.3 Å². The van der Waals surface area contributed by atoms with E-state index >= 15 is 0 Å². The molecule has 0 saturated carbocycles. The molecule has 0 N–H and O–H groups in total. The lowest BCUT2D eigenvalue weighted by molar-refractivity contribution is -0.124. The van der Waals surface area contributed by atoms with Crippen molar-refractivity contribution in [2.75, 3.05) is 43.9 Å². The number of hydrogen-bond acceptors (Lipinski definition) is 5. The second-order valence-electron chi connectivity index (χ2n) is 8.49. The highest BCUT2D eigenvalue weighted by molar-refractivity contribution is 7.91. The van der Waals surface area contributed by atoms with E-state index in [1.54, 1.807) is 11.0 Å². The molecule has 3 aliphatic heterocycles. The minimum absolute atomic E-state index is 0.193. The molecule has 3 aliphatic rings. The molecule has 1 saturated heterocycles. The lowest BCUT2D eigenvalue weighted by atomic mass is 9.73. The molecule has 3 heterocycles. The zero-order chi connectivity index (χ0) is 20.9. The van der Waals surface area contributed by atoms with Gasteiger partial charge in [0.2, 0.25) is 5.91 Å². The quantitative estimate of drug-likeness (QED) is 0.751. The first kappa shape index (κ1) is 19.6. The molecule has 5 rings (SSSR count). The molecular formula is C23H26N2O4S. The number of fused-ring (bicyclic) bond motifs is 3. The summed E-state index contributed by atoms with van der Waals surface area (Å²) in [5.74, 6) is 1.01. The summed E-state index contributed by atoms with van der Waals surface area (Å²) in [6.07, 6.45) is 2.21. The normalized spacial score (nSPS) is 21.6. The van der Waals surface area contributed by atoms with Crippen molar-refractivity contribution in [1.82, 2.24) is 4.90 Å². The van der Waals surface area contributed by atoms with E-state index in [2.05, 4.69) is 11.0 Å². The number of benzene rings is 2. The van der Waals surface area contributed by atoms with Gasteiger partial charge in [-0.05, 0) is 61.7 Å². The maximum atomic E-state index is 13.0. The van der Waals surface area contributed by atoms with Crippen molar-refractivity contribution < 1.29 is 17.9 Å². The maximum absolute atomic E-state index is 13.0. The summed E-state index contributed by atoms with van der Waals surface area (Å²) in [5.41, 5.74) is 2.69. The summed E-state index contributed by atoms with van der Waals surface area (Å²) in [4.78, 5) is 17.6. The van der Waals surface area contributed by atoms with Crippen LogP contribution in [0.3, 0.4) is 0 Å². The van der Waals surface area contributed by atoms with Crippen LogP contribution in [-0.2, 0) is 26.5 Å². The van der Waals surface area contributed by atoms with Crippen LogP contribution in [0.4, 0.5) is 5.69 Å². The zero-order valence-electron chi connectivity index (χ0n) is 17.1. The Hall–Kier alpha value is -2.38. The Morgan fingerprint density at radius 3 is 2.67 bits per heavy atom. The maximum Gasteiger partial charge on any atom is 0.237 e. The van der Waals surface area contributed by atoms with E-state index in [0.29, 0.717) is 23.7 Å². The van der Waals surface area contributed by atoms with Gasteiger partial charge in [0.05, 0.1) is 16.1 Å². The molecule has 2 aromatic carbocycles. The molecule has 7 heteroatoms. The van der Waals surface area contributed by atoms with Gasteiger partial charge in [0.15, 0.2) is 9.84 Å². The lowest BCUT2D eigenvalue weighted by Gasteiger charge is -2.38. The smallest absolute Gasteiger partial charge is 0.237 e. The summed E-state index contributed by atoms with van der Waals surface area (Å²) in [6.45, 7) is 2.94. The highest BCUT2D eigenvalue weighted by Crippen LogP contribution is 2.47. The first-order chi connectivity index (χ1) is 14.4. The summed E-state index contributed by atoms with van der Waals surface area (Å²) in [7, 11) is -1.28. The van der Waals surface area contributed by atoms with Crippen LogP contribution in [0.1, 0.15) is 24.0 Å². The fourth-order valence-electron chi connectivity index (χ4n) is 5.13. The third-order valence-electron chi connectivity index (χ3n) is 6.89. The van der Waals surface area contributed by atoms with Crippen LogP contribution in [0.25, 0.3) is 0 Å². The molecule has 0 radical (unpaired) electrons. The molecule has 30 heavy (non-hydrogen) atoms. The van der Waals surface area contributed by atoms with Gasteiger partial charge < -0.3 is 9.64 Å². The van der Waals surface area contributed by atoms with E-state index in [4.69, 9.17) is 4.74 Å². The number of sulfone groups is 1. The SMILES string of the molecule is CN1C(=O)C2(CCN(CCOc3ccc4c(c3)S(=O)(=O)CC4)CC2)c2ccccc21. The Morgan fingerprint density at radius 1 is 1.10 bits per heavy atom. The highest BCUT2D eigenvalue weighted by atomic mass is 32.2. The number of rotatable bonds is 4. The molecule has 1 spiro atoms. The lowest BCUT2D eigenvalue weighted by Crippen LogP contribution is -2.48. The monoisotopic (exact) mass is 426 g/mol. The van der Waals surface area contributed by atoms with Crippen molar-refractivity contribution in [3.05, 3.63) is 53.6 Å². The predicted molar refractivity (Wildman–Crippen MR) is 115 cm³/mol. The largest absolute Gasteiger partial charge is 0.492 e. The molecule has 158 valence electrons. The van der Waals surface area contributed by atoms with Gasteiger partial charge in [0.1, 0.15) is 12.4 Å². The van der Waals surface area contributed by atoms with Crippen molar-refractivity contribution in [3.63, 3.8) is 0 Å². The third kappa shape index (κ3) is 3.03. The molecule has 1 fully saturated rings. The van der Waals surface area contributed by atoms with Gasteiger partial charge >= 0.3 is 0 Å². The van der Waals surface area contributed by atoms with E-state index < -0.39 is 15.3 Å². The Bertz CT molecular complexity index is 1100. The van der Waals surface area contributed by atoms with Gasteiger partial charge in [-0.1, -0.05) is 24.3 Å². The fraction of sp³-hybridized carbons (Fsp3) is 0.435. The van der Waals surface area contributed by atoms with Crippen LogP contribution in [0.5, 0.6) is 5.75 Å². The number of aryl methyl sites for hydroxylation is 1. The Labute approximate surface area is 177 Å². The van der Waals surface area contributed by atoms with Crippen molar-refractivity contribution >= 4 is 21.4 Å². The van der Waals surface area contributed by atoms with E-state index in [9.17, 15) is 13.2 Å².